The van der Waals surface area contributed by atoms with Gasteiger partial charge in [0.2, 0.25) is 5.91 Å². The summed E-state index contributed by atoms with van der Waals surface area (Å²) in [6.07, 6.45) is 7.49. The molecule has 0 N–H and O–H groups in total. The highest BCUT2D eigenvalue weighted by Gasteiger charge is 2.30. The van der Waals surface area contributed by atoms with Crippen molar-refractivity contribution in [1.29, 1.82) is 0 Å². The van der Waals surface area contributed by atoms with E-state index in [9.17, 15) is 18.0 Å². The number of carbonyl (C=O) groups is 2. The maximum atomic E-state index is 12.9. The Morgan fingerprint density at radius 1 is 0.889 bits per heavy atom. The topological polar surface area (TPSA) is 87.2 Å². The Kier molecular flexibility index (Phi) is 7.03. The smallest absolute Gasteiger partial charge is 0.254 e. The molecule has 1 aliphatic carbocycles. The summed E-state index contributed by atoms with van der Waals surface area (Å²) in [5.41, 5.74) is 1.15. The van der Waals surface area contributed by atoms with E-state index >= 15 is 0 Å². The number of hydrogen-bond acceptors (Lipinski definition) is 6. The van der Waals surface area contributed by atoms with E-state index in [2.05, 4.69) is 4.90 Å². The lowest BCUT2D eigenvalue weighted by Crippen LogP contribution is -2.52. The van der Waals surface area contributed by atoms with Crippen molar-refractivity contribution in [2.75, 3.05) is 43.9 Å². The van der Waals surface area contributed by atoms with E-state index in [0.717, 1.165) is 49.7 Å². The lowest BCUT2D eigenvalue weighted by molar-refractivity contribution is -0.120. The van der Waals surface area contributed by atoms with Gasteiger partial charge in [0, 0.05) is 49.7 Å². The van der Waals surface area contributed by atoms with Crippen molar-refractivity contribution >= 4 is 27.3 Å². The predicted octanol–water partition coefficient (Wildman–Crippen LogP) is 2.97. The molecule has 5 rings (SSSR count). The third kappa shape index (κ3) is 5.42. The van der Waals surface area contributed by atoms with Crippen LogP contribution in [0.5, 0.6) is 5.75 Å². The molecule has 0 atom stereocenters. The van der Waals surface area contributed by atoms with E-state index in [1.54, 1.807) is 4.90 Å². The number of likely N-dealkylation sites (tertiary alicyclic amines) is 1. The number of anilines is 1. The molecule has 0 aromatic heterocycles. The fourth-order valence-corrected chi connectivity index (χ4v) is 5.79. The van der Waals surface area contributed by atoms with Gasteiger partial charge in [-0.25, -0.2) is 8.42 Å². The maximum absolute atomic E-state index is 12.9. The minimum absolute atomic E-state index is 0.0233. The first kappa shape index (κ1) is 24.8. The van der Waals surface area contributed by atoms with Gasteiger partial charge in [-0.1, -0.05) is 6.42 Å². The average Bonchev–Trinajstić information content (AvgIpc) is 2.84. The second-order valence-corrected chi connectivity index (χ2v) is 12.0. The normalized spacial score (nSPS) is 20.3. The lowest BCUT2D eigenvalue weighted by Gasteiger charge is -2.41. The number of piperidine rings is 1. The predicted molar refractivity (Wildman–Crippen MR) is 137 cm³/mol. The summed E-state index contributed by atoms with van der Waals surface area (Å²) in [5.74, 6) is 0.384. The molecule has 0 unspecified atom stereocenters. The van der Waals surface area contributed by atoms with Crippen molar-refractivity contribution in [3.05, 3.63) is 54.1 Å². The van der Waals surface area contributed by atoms with Crippen molar-refractivity contribution < 1.29 is 22.7 Å². The highest BCUT2D eigenvalue weighted by molar-refractivity contribution is 7.90. The van der Waals surface area contributed by atoms with Crippen LogP contribution in [-0.2, 0) is 14.6 Å². The van der Waals surface area contributed by atoms with Crippen LogP contribution < -0.4 is 9.64 Å². The molecule has 0 bridgehead atoms. The first-order valence-electron chi connectivity index (χ1n) is 12.7. The van der Waals surface area contributed by atoms with Crippen molar-refractivity contribution in [1.82, 2.24) is 9.80 Å². The van der Waals surface area contributed by atoms with Gasteiger partial charge in [0.25, 0.3) is 5.91 Å². The van der Waals surface area contributed by atoms with E-state index in [4.69, 9.17) is 4.74 Å². The molecule has 36 heavy (non-hydrogen) atoms. The molecule has 9 heteroatoms. The van der Waals surface area contributed by atoms with Crippen LogP contribution in [0.25, 0.3) is 0 Å². The van der Waals surface area contributed by atoms with E-state index in [-0.39, 0.29) is 29.4 Å². The van der Waals surface area contributed by atoms with E-state index in [1.807, 2.05) is 24.3 Å². The molecular weight excluding hydrogens is 478 g/mol. The van der Waals surface area contributed by atoms with Crippen LogP contribution in [-0.4, -0.2) is 81.2 Å². The molecule has 0 spiro atoms. The number of ether oxygens (including phenoxy) is 1. The molecule has 0 radical (unpaired) electrons. The third-order valence-corrected chi connectivity index (χ3v) is 8.68. The third-order valence-electron chi connectivity index (χ3n) is 7.56. The van der Waals surface area contributed by atoms with Gasteiger partial charge in [0.15, 0.2) is 9.84 Å². The minimum atomic E-state index is -3.33. The largest absolute Gasteiger partial charge is 0.490 e. The van der Waals surface area contributed by atoms with Gasteiger partial charge in [-0.05, 0) is 74.2 Å². The van der Waals surface area contributed by atoms with Crippen LogP contribution in [0.15, 0.2) is 53.4 Å². The summed E-state index contributed by atoms with van der Waals surface area (Å²) in [4.78, 5) is 31.7. The highest BCUT2D eigenvalue weighted by Crippen LogP contribution is 2.29. The number of rotatable bonds is 6. The number of amides is 2. The molecule has 2 aliphatic heterocycles. The molecule has 2 heterocycles. The van der Waals surface area contributed by atoms with Gasteiger partial charge >= 0.3 is 0 Å². The van der Waals surface area contributed by atoms with Gasteiger partial charge in [-0.15, -0.1) is 0 Å². The Balaban J connectivity index is 1.14. The SMILES string of the molecule is CS(=O)(=O)c1ccc(C(=O)N2CCN(c3ccc(OC4CCN(C5CCC5)CC4)cc3)C(=O)C2)cc1. The van der Waals surface area contributed by atoms with Crippen molar-refractivity contribution in [2.45, 2.75) is 49.1 Å². The standard InChI is InChI=1S/C27H33N3O5S/c1-36(33,34)25-11-5-20(6-12-25)27(32)29-17-18-30(26(31)19-29)22-7-9-23(10-8-22)35-24-13-15-28(16-14-24)21-3-2-4-21/h5-12,21,24H,2-4,13-19H2,1H3. The Bertz CT molecular complexity index is 1200. The summed E-state index contributed by atoms with van der Waals surface area (Å²) in [5, 5.41) is 0. The second kappa shape index (κ2) is 10.2. The van der Waals surface area contributed by atoms with Gasteiger partial charge in [0.05, 0.1) is 4.90 Å². The summed E-state index contributed by atoms with van der Waals surface area (Å²) in [6.45, 7) is 2.98. The number of nitrogens with zero attached hydrogens (tertiary/aromatic N) is 3. The maximum Gasteiger partial charge on any atom is 0.254 e. The monoisotopic (exact) mass is 511 g/mol. The first-order chi connectivity index (χ1) is 17.3. The Morgan fingerprint density at radius 3 is 2.11 bits per heavy atom. The lowest BCUT2D eigenvalue weighted by atomic mass is 9.90. The number of benzene rings is 2. The van der Waals surface area contributed by atoms with Crippen LogP contribution in [0.4, 0.5) is 5.69 Å². The van der Waals surface area contributed by atoms with Crippen molar-refractivity contribution in [3.63, 3.8) is 0 Å². The molecule has 192 valence electrons. The second-order valence-electron chi connectivity index (χ2n) is 10.0. The molecule has 2 saturated heterocycles. The van der Waals surface area contributed by atoms with Crippen LogP contribution in [0.3, 0.4) is 0 Å². The van der Waals surface area contributed by atoms with E-state index < -0.39 is 9.84 Å². The van der Waals surface area contributed by atoms with Crippen LogP contribution in [0.2, 0.25) is 0 Å². The molecule has 2 aromatic rings. The van der Waals surface area contributed by atoms with Gasteiger partial charge in [0.1, 0.15) is 18.4 Å². The van der Waals surface area contributed by atoms with E-state index in [0.29, 0.717) is 18.7 Å². The van der Waals surface area contributed by atoms with Gasteiger partial charge < -0.3 is 19.4 Å². The summed E-state index contributed by atoms with van der Waals surface area (Å²) in [7, 11) is -3.33. The molecule has 2 amide bonds. The first-order valence-corrected chi connectivity index (χ1v) is 14.6. The number of hydrogen-bond donors (Lipinski definition) is 0. The highest BCUT2D eigenvalue weighted by atomic mass is 32.2. The molecule has 3 fully saturated rings. The Hall–Kier alpha value is -2.91. The molecular formula is C27H33N3O5S. The molecule has 3 aliphatic rings. The zero-order valence-electron chi connectivity index (χ0n) is 20.6. The average molecular weight is 512 g/mol. The van der Waals surface area contributed by atoms with Crippen molar-refractivity contribution in [3.8, 4) is 5.75 Å². The van der Waals surface area contributed by atoms with Gasteiger partial charge in [-0.2, -0.15) is 0 Å². The Labute approximate surface area is 212 Å². The fourth-order valence-electron chi connectivity index (χ4n) is 5.15. The Morgan fingerprint density at radius 2 is 1.56 bits per heavy atom. The van der Waals surface area contributed by atoms with Crippen LogP contribution in [0.1, 0.15) is 42.5 Å². The fraction of sp³-hybridized carbons (Fsp3) is 0.481. The van der Waals surface area contributed by atoms with Crippen molar-refractivity contribution in [2.24, 2.45) is 0 Å². The summed E-state index contributed by atoms with van der Waals surface area (Å²) >= 11 is 0. The zero-order chi connectivity index (χ0) is 25.3. The number of sulfone groups is 1. The molecule has 8 nitrogen and oxygen atoms in total. The van der Waals surface area contributed by atoms with Gasteiger partial charge in [-0.3, -0.25) is 9.59 Å². The number of piperazine rings is 1. The molecule has 2 aromatic carbocycles. The molecule has 1 saturated carbocycles. The quantitative estimate of drug-likeness (QED) is 0.593. The summed E-state index contributed by atoms with van der Waals surface area (Å²) < 4.78 is 29.5. The summed E-state index contributed by atoms with van der Waals surface area (Å²) in [6, 6.07) is 14.2. The zero-order valence-corrected chi connectivity index (χ0v) is 21.5. The van der Waals surface area contributed by atoms with Crippen LogP contribution in [0, 0.1) is 0 Å². The minimum Gasteiger partial charge on any atom is -0.490 e. The van der Waals surface area contributed by atoms with E-state index in [1.165, 1.54) is 48.4 Å². The number of carbonyl (C=O) groups excluding carboxylic acids is 2. The van der Waals surface area contributed by atoms with Crippen LogP contribution >= 0.6 is 0 Å².